The molecule has 0 aliphatic heterocycles. The van der Waals surface area contributed by atoms with Crippen LogP contribution in [0.25, 0.3) is 0 Å². The molecule has 0 aromatic carbocycles. The number of rotatable bonds is 16. The number of nitrogens with one attached hydrogen (secondary N) is 3. The quantitative estimate of drug-likeness (QED) is 0.0414. The van der Waals surface area contributed by atoms with Gasteiger partial charge in [0.15, 0.2) is 5.96 Å². The van der Waals surface area contributed by atoms with Gasteiger partial charge in [-0.3, -0.25) is 24.2 Å². The van der Waals surface area contributed by atoms with Crippen LogP contribution in [0.4, 0.5) is 0 Å². The average Bonchev–Trinajstić information content (AvgIpc) is 2.74. The van der Waals surface area contributed by atoms with Gasteiger partial charge in [-0.15, -0.1) is 0 Å². The lowest BCUT2D eigenvalue weighted by Gasteiger charge is -2.26. The van der Waals surface area contributed by atoms with Crippen LogP contribution in [0.3, 0.4) is 0 Å². The number of carbonyl (C=O) groups is 5. The number of hydrogen-bond donors (Lipinski definition) is 10. The van der Waals surface area contributed by atoms with E-state index < -0.39 is 59.9 Å². The van der Waals surface area contributed by atoms with Gasteiger partial charge in [-0.25, -0.2) is 4.79 Å². The summed E-state index contributed by atoms with van der Waals surface area (Å²) in [5.41, 5.74) is 21.1. The molecular weight excluding hydrogens is 472 g/mol. The van der Waals surface area contributed by atoms with Crippen molar-refractivity contribution in [3.05, 3.63) is 0 Å². The number of aliphatic hydroxyl groups is 1. The number of primary amides is 1. The second-order valence-electron chi connectivity index (χ2n) is 7.43. The summed E-state index contributed by atoms with van der Waals surface area (Å²) in [4.78, 5) is 63.3. The van der Waals surface area contributed by atoms with E-state index in [9.17, 15) is 34.2 Å². The number of amides is 4. The molecule has 34 heavy (non-hydrogen) atoms. The summed E-state index contributed by atoms with van der Waals surface area (Å²) in [7, 11) is 0. The van der Waals surface area contributed by atoms with Crippen molar-refractivity contribution in [2.45, 2.75) is 62.9 Å². The van der Waals surface area contributed by atoms with E-state index in [0.717, 1.165) is 0 Å². The molecule has 13 N–H and O–H groups in total. The van der Waals surface area contributed by atoms with Crippen LogP contribution < -0.4 is 38.9 Å². The topological polar surface area (TPSA) is 278 Å². The van der Waals surface area contributed by atoms with Gasteiger partial charge in [0.05, 0.1) is 12.1 Å². The van der Waals surface area contributed by atoms with Crippen molar-refractivity contribution < 1.29 is 34.2 Å². The largest absolute Gasteiger partial charge is 0.480 e. The van der Waals surface area contributed by atoms with E-state index in [4.69, 9.17) is 22.9 Å². The summed E-state index contributed by atoms with van der Waals surface area (Å²) >= 11 is 3.99. The number of aliphatic hydroxyl groups excluding tert-OH is 1. The molecular formula is C18H34N8O7S. The minimum atomic E-state index is -1.53. The second-order valence-corrected chi connectivity index (χ2v) is 7.80. The van der Waals surface area contributed by atoms with Crippen molar-refractivity contribution in [1.82, 2.24) is 16.0 Å². The van der Waals surface area contributed by atoms with Crippen LogP contribution in [0.1, 0.15) is 32.6 Å². The predicted octanol–water partition coefficient (Wildman–Crippen LogP) is -4.52. The van der Waals surface area contributed by atoms with Gasteiger partial charge in [0.1, 0.15) is 18.1 Å². The lowest BCUT2D eigenvalue weighted by molar-refractivity contribution is -0.143. The molecule has 0 aliphatic carbocycles. The molecule has 194 valence electrons. The Kier molecular flexibility index (Phi) is 14.2. The van der Waals surface area contributed by atoms with Crippen LogP contribution in [-0.2, 0) is 24.0 Å². The first-order chi connectivity index (χ1) is 15.8. The molecule has 0 saturated heterocycles. The first-order valence-corrected chi connectivity index (χ1v) is 11.0. The fourth-order valence-electron chi connectivity index (χ4n) is 2.58. The van der Waals surface area contributed by atoms with Gasteiger partial charge in [0.25, 0.3) is 0 Å². The fraction of sp³-hybridized carbons (Fsp3) is 0.667. The molecule has 0 bridgehead atoms. The van der Waals surface area contributed by atoms with E-state index in [2.05, 4.69) is 33.6 Å². The number of aliphatic carboxylic acids is 1. The van der Waals surface area contributed by atoms with Gasteiger partial charge in [-0.1, -0.05) is 0 Å². The van der Waals surface area contributed by atoms with E-state index in [1.165, 1.54) is 6.92 Å². The zero-order valence-corrected chi connectivity index (χ0v) is 19.7. The molecule has 0 aromatic rings. The van der Waals surface area contributed by atoms with E-state index in [1.807, 2.05) is 0 Å². The number of guanidine groups is 1. The molecule has 0 rings (SSSR count). The zero-order valence-electron chi connectivity index (χ0n) is 18.8. The lowest BCUT2D eigenvalue weighted by Crippen LogP contribution is -2.60. The zero-order chi connectivity index (χ0) is 26.4. The standard InChI is InChI=1S/C18H34N8O7S/c1-8(27)13(16(31)24-10(17(32)33)3-2-6-23-18(21)22)26-15(30)11(7-34)25-14(29)9(19)4-5-12(20)28/h8-11,13,27,34H,2-7,19H2,1H3,(H2,20,28)(H,24,31)(H,25,29)(H,26,30)(H,32,33)(H4,21,22,23). The van der Waals surface area contributed by atoms with Crippen molar-refractivity contribution in [2.75, 3.05) is 12.3 Å². The van der Waals surface area contributed by atoms with Gasteiger partial charge < -0.3 is 49.1 Å². The summed E-state index contributed by atoms with van der Waals surface area (Å²) in [5, 5.41) is 26.1. The number of aliphatic imine (C=N–C) groups is 1. The molecule has 0 saturated carbocycles. The molecule has 0 radical (unpaired) electrons. The summed E-state index contributed by atoms with van der Waals surface area (Å²) in [5.74, 6) is -4.90. The number of hydrogen-bond acceptors (Lipinski definition) is 9. The number of nitrogens with two attached hydrogens (primary N) is 4. The molecule has 16 heteroatoms. The Labute approximate surface area is 201 Å². The van der Waals surface area contributed by atoms with Crippen molar-refractivity contribution in [3.63, 3.8) is 0 Å². The molecule has 0 aromatic heterocycles. The van der Waals surface area contributed by atoms with Gasteiger partial charge in [0.2, 0.25) is 23.6 Å². The smallest absolute Gasteiger partial charge is 0.326 e. The summed E-state index contributed by atoms with van der Waals surface area (Å²) in [6.07, 6.45) is -1.36. The van der Waals surface area contributed by atoms with Crippen molar-refractivity contribution in [2.24, 2.45) is 27.9 Å². The summed E-state index contributed by atoms with van der Waals surface area (Å²) in [6.45, 7) is 1.36. The number of carbonyl (C=O) groups excluding carboxylic acids is 4. The number of carboxylic acid groups (broad SMARTS) is 1. The maximum atomic E-state index is 12.6. The highest BCUT2D eigenvalue weighted by Gasteiger charge is 2.32. The molecule has 4 amide bonds. The van der Waals surface area contributed by atoms with Crippen LogP contribution in [-0.4, -0.2) is 88.3 Å². The van der Waals surface area contributed by atoms with Crippen LogP contribution in [0.15, 0.2) is 4.99 Å². The molecule has 15 nitrogen and oxygen atoms in total. The summed E-state index contributed by atoms with van der Waals surface area (Å²) in [6, 6.07) is -5.22. The highest BCUT2D eigenvalue weighted by atomic mass is 32.1. The third-order valence-corrected chi connectivity index (χ3v) is 4.84. The lowest BCUT2D eigenvalue weighted by atomic mass is 10.1. The second kappa shape index (κ2) is 15.7. The summed E-state index contributed by atoms with van der Waals surface area (Å²) < 4.78 is 0. The van der Waals surface area contributed by atoms with Crippen LogP contribution >= 0.6 is 12.6 Å². The Morgan fingerprint density at radius 2 is 1.53 bits per heavy atom. The van der Waals surface area contributed by atoms with Gasteiger partial charge in [-0.2, -0.15) is 12.6 Å². The maximum Gasteiger partial charge on any atom is 0.326 e. The van der Waals surface area contributed by atoms with Crippen molar-refractivity contribution >= 4 is 48.2 Å². The van der Waals surface area contributed by atoms with E-state index in [0.29, 0.717) is 0 Å². The Bertz CT molecular complexity index is 761. The van der Waals surface area contributed by atoms with Gasteiger partial charge in [0, 0.05) is 18.7 Å². The highest BCUT2D eigenvalue weighted by Crippen LogP contribution is 2.03. The third-order valence-electron chi connectivity index (χ3n) is 4.48. The number of carboxylic acids is 1. The number of nitrogens with zero attached hydrogens (tertiary/aromatic N) is 1. The maximum absolute atomic E-state index is 12.6. The minimum Gasteiger partial charge on any atom is -0.480 e. The normalized spacial score (nSPS) is 15.1. The van der Waals surface area contributed by atoms with E-state index in [-0.39, 0.29) is 43.9 Å². The monoisotopic (exact) mass is 506 g/mol. The SMILES string of the molecule is CC(O)C(NC(=O)C(CS)NC(=O)C(N)CCC(N)=O)C(=O)NC(CCCN=C(N)N)C(=O)O. The molecule has 0 fully saturated rings. The van der Waals surface area contributed by atoms with Crippen molar-refractivity contribution in [1.29, 1.82) is 0 Å². The fourth-order valence-corrected chi connectivity index (χ4v) is 2.84. The Morgan fingerprint density at radius 3 is 2.00 bits per heavy atom. The van der Waals surface area contributed by atoms with Crippen LogP contribution in [0, 0.1) is 0 Å². The molecule has 5 unspecified atom stereocenters. The molecule has 0 heterocycles. The van der Waals surface area contributed by atoms with Crippen molar-refractivity contribution in [3.8, 4) is 0 Å². The van der Waals surface area contributed by atoms with E-state index >= 15 is 0 Å². The number of thiol groups is 1. The molecule has 0 spiro atoms. The van der Waals surface area contributed by atoms with E-state index in [1.54, 1.807) is 0 Å². The van der Waals surface area contributed by atoms with Crippen LogP contribution in [0.5, 0.6) is 0 Å². The Hall–Kier alpha value is -3.11. The first kappa shape index (κ1) is 30.9. The van der Waals surface area contributed by atoms with Crippen LogP contribution in [0.2, 0.25) is 0 Å². The third kappa shape index (κ3) is 12.2. The average molecular weight is 507 g/mol. The Balaban J connectivity index is 5.12. The van der Waals surface area contributed by atoms with Gasteiger partial charge in [-0.05, 0) is 26.2 Å². The first-order valence-electron chi connectivity index (χ1n) is 10.3. The molecule has 0 aliphatic rings. The Morgan fingerprint density at radius 1 is 0.941 bits per heavy atom. The minimum absolute atomic E-state index is 0.0170. The van der Waals surface area contributed by atoms with Gasteiger partial charge >= 0.3 is 5.97 Å². The highest BCUT2D eigenvalue weighted by molar-refractivity contribution is 7.80. The molecule has 5 atom stereocenters. The predicted molar refractivity (Wildman–Crippen MR) is 125 cm³/mol.